The Morgan fingerprint density at radius 3 is 2.77 bits per heavy atom. The molecule has 0 spiro atoms. The number of imidazole rings is 1. The molecule has 2 saturated heterocycles. The van der Waals surface area contributed by atoms with Crippen LogP contribution in [0.4, 0.5) is 11.6 Å². The zero-order valence-electron chi connectivity index (χ0n) is 19.7. The van der Waals surface area contributed by atoms with Crippen molar-refractivity contribution in [1.29, 1.82) is 0 Å². The number of nitrogens with one attached hydrogen (secondary N) is 1. The van der Waals surface area contributed by atoms with E-state index < -0.39 is 17.7 Å². The molecule has 2 aliphatic rings. The summed E-state index contributed by atoms with van der Waals surface area (Å²) >= 11 is 0. The maximum absolute atomic E-state index is 11.9. The third-order valence-electron chi connectivity index (χ3n) is 6.08. The van der Waals surface area contributed by atoms with Gasteiger partial charge in [-0.25, -0.2) is 19.7 Å². The third-order valence-corrected chi connectivity index (χ3v) is 6.08. The molecule has 188 valence electrons. The molecule has 2 fully saturated rings. The van der Waals surface area contributed by atoms with Crippen LogP contribution in [0.2, 0.25) is 0 Å². The van der Waals surface area contributed by atoms with E-state index in [1.54, 1.807) is 12.5 Å². The molecule has 0 bridgehead atoms. The number of nitrogens with two attached hydrogens (primary N) is 2. The molecule has 0 aromatic carbocycles. The van der Waals surface area contributed by atoms with E-state index in [-0.39, 0.29) is 30.9 Å². The van der Waals surface area contributed by atoms with Crippen LogP contribution >= 0.6 is 0 Å². The van der Waals surface area contributed by atoms with Crippen molar-refractivity contribution in [2.75, 3.05) is 25.1 Å². The second kappa shape index (κ2) is 9.13. The Labute approximate surface area is 200 Å². The van der Waals surface area contributed by atoms with Crippen molar-refractivity contribution in [2.45, 2.75) is 63.9 Å². The Balaban J connectivity index is 1.28. The molecular weight excluding hydrogens is 458 g/mol. The average Bonchev–Trinajstić information content (AvgIpc) is 3.46. The minimum atomic E-state index is -0.747. The van der Waals surface area contributed by atoms with E-state index in [0.29, 0.717) is 42.1 Å². The van der Waals surface area contributed by atoms with Gasteiger partial charge in [-0.05, 0) is 26.8 Å². The van der Waals surface area contributed by atoms with E-state index in [2.05, 4.69) is 25.3 Å². The topological polar surface area (TPSA) is 179 Å². The number of aromatic nitrogens is 6. The van der Waals surface area contributed by atoms with Gasteiger partial charge in [-0.2, -0.15) is 4.98 Å². The summed E-state index contributed by atoms with van der Waals surface area (Å²) in [5.74, 6) is -0.254. The van der Waals surface area contributed by atoms with Gasteiger partial charge in [0.1, 0.15) is 36.6 Å². The molecule has 5 rings (SSSR count). The number of hydrogen-bond donors (Lipinski definition) is 3. The van der Waals surface area contributed by atoms with Crippen LogP contribution in [0, 0.1) is 0 Å². The molecule has 14 nitrogen and oxygen atoms in total. The van der Waals surface area contributed by atoms with Crippen LogP contribution in [-0.4, -0.2) is 66.8 Å². The second-order valence-electron chi connectivity index (χ2n) is 9.00. The highest BCUT2D eigenvalue weighted by molar-refractivity contribution is 5.81. The number of fused-ring (bicyclic) bond motifs is 2. The highest BCUT2D eigenvalue weighted by Crippen LogP contribution is 2.44. The van der Waals surface area contributed by atoms with Gasteiger partial charge in [0.25, 0.3) is 0 Å². The lowest BCUT2D eigenvalue weighted by Gasteiger charge is -2.25. The van der Waals surface area contributed by atoms with Crippen LogP contribution in [-0.2, 0) is 32.2 Å². The molecule has 4 atom stereocenters. The van der Waals surface area contributed by atoms with Crippen molar-refractivity contribution < 1.29 is 18.9 Å². The van der Waals surface area contributed by atoms with E-state index in [1.165, 1.54) is 18.0 Å². The van der Waals surface area contributed by atoms with Crippen molar-refractivity contribution in [3.8, 4) is 0 Å². The summed E-state index contributed by atoms with van der Waals surface area (Å²) in [5, 5.41) is 3.34. The van der Waals surface area contributed by atoms with E-state index in [0.717, 1.165) is 0 Å². The van der Waals surface area contributed by atoms with Crippen LogP contribution in [0.25, 0.3) is 11.2 Å². The molecule has 0 amide bonds. The maximum atomic E-state index is 11.9. The van der Waals surface area contributed by atoms with Gasteiger partial charge < -0.3 is 35.7 Å². The standard InChI is InChI=1S/C21H29N9O5/c1-21(2)34-14-12(4-5-24-6-11-7-29(10-32-3)20(31)28-16(11)22)33-19(15(14)35-21)30-9-27-13-17(23)25-8-26-18(13)30/h7-9,12,14-15,19,24H,4-6,10H2,1-3H3,(H2,22,28,31)(H2,23,25,26). The van der Waals surface area contributed by atoms with Gasteiger partial charge >= 0.3 is 5.69 Å². The molecule has 4 unspecified atom stereocenters. The van der Waals surface area contributed by atoms with E-state index in [1.807, 2.05) is 18.4 Å². The predicted molar refractivity (Wildman–Crippen MR) is 124 cm³/mol. The van der Waals surface area contributed by atoms with Crippen molar-refractivity contribution in [1.82, 2.24) is 34.4 Å². The monoisotopic (exact) mass is 487 g/mol. The summed E-state index contributed by atoms with van der Waals surface area (Å²) < 4.78 is 27.0. The number of methoxy groups -OCH3 is 1. The number of nitrogen functional groups attached to an aromatic ring is 2. The molecule has 14 heteroatoms. The summed E-state index contributed by atoms with van der Waals surface area (Å²) in [6, 6.07) is 0. The Bertz CT molecular complexity index is 1280. The van der Waals surface area contributed by atoms with Crippen molar-refractivity contribution >= 4 is 22.8 Å². The van der Waals surface area contributed by atoms with Gasteiger partial charge in [0.05, 0.1) is 12.4 Å². The second-order valence-corrected chi connectivity index (χ2v) is 9.00. The molecule has 3 aromatic heterocycles. The maximum Gasteiger partial charge on any atom is 0.351 e. The van der Waals surface area contributed by atoms with Crippen LogP contribution < -0.4 is 22.5 Å². The SMILES string of the molecule is COCn1cc(CNCCC2OC(n3cnc4c(N)ncnc43)C3OC(C)(C)OC23)c(N)nc1=O. The molecular formula is C21H29N9O5. The summed E-state index contributed by atoms with van der Waals surface area (Å²) in [5.41, 5.74) is 13.2. The summed E-state index contributed by atoms with van der Waals surface area (Å²) in [6.45, 7) is 4.90. The zero-order valence-corrected chi connectivity index (χ0v) is 19.7. The fourth-order valence-electron chi connectivity index (χ4n) is 4.56. The quantitative estimate of drug-likeness (QED) is 0.355. The lowest BCUT2D eigenvalue weighted by atomic mass is 10.1. The van der Waals surface area contributed by atoms with Gasteiger partial charge in [-0.15, -0.1) is 0 Å². The van der Waals surface area contributed by atoms with Crippen LogP contribution in [0.3, 0.4) is 0 Å². The minimum Gasteiger partial charge on any atom is -0.383 e. The average molecular weight is 488 g/mol. The van der Waals surface area contributed by atoms with Crippen LogP contribution in [0.15, 0.2) is 23.6 Å². The number of ether oxygens (including phenoxy) is 4. The van der Waals surface area contributed by atoms with Gasteiger partial charge in [-0.3, -0.25) is 9.13 Å². The first kappa shape index (κ1) is 23.6. The molecule has 0 aliphatic carbocycles. The summed E-state index contributed by atoms with van der Waals surface area (Å²) in [4.78, 5) is 28.4. The fraction of sp³-hybridized carbons (Fsp3) is 0.571. The molecule has 5 N–H and O–H groups in total. The van der Waals surface area contributed by atoms with E-state index >= 15 is 0 Å². The lowest BCUT2D eigenvalue weighted by Crippen LogP contribution is -2.32. The molecule has 5 heterocycles. The van der Waals surface area contributed by atoms with Crippen molar-refractivity contribution in [3.05, 3.63) is 34.9 Å². The van der Waals surface area contributed by atoms with E-state index in [4.69, 9.17) is 30.4 Å². The van der Waals surface area contributed by atoms with Gasteiger partial charge in [0, 0.05) is 25.4 Å². The Morgan fingerprint density at radius 1 is 1.17 bits per heavy atom. The van der Waals surface area contributed by atoms with Gasteiger partial charge in [0.15, 0.2) is 23.5 Å². The molecule has 3 aromatic rings. The normalized spacial score (nSPS) is 25.3. The third kappa shape index (κ3) is 4.46. The largest absolute Gasteiger partial charge is 0.383 e. The highest BCUT2D eigenvalue weighted by Gasteiger charge is 2.55. The smallest absolute Gasteiger partial charge is 0.351 e. The van der Waals surface area contributed by atoms with Crippen LogP contribution in [0.5, 0.6) is 0 Å². The molecule has 0 saturated carbocycles. The zero-order chi connectivity index (χ0) is 24.7. The Morgan fingerprint density at radius 2 is 1.97 bits per heavy atom. The van der Waals surface area contributed by atoms with Crippen molar-refractivity contribution in [2.24, 2.45) is 0 Å². The first-order valence-corrected chi connectivity index (χ1v) is 11.3. The lowest BCUT2D eigenvalue weighted by molar-refractivity contribution is -0.196. The summed E-state index contributed by atoms with van der Waals surface area (Å²) in [7, 11) is 1.51. The van der Waals surface area contributed by atoms with Crippen molar-refractivity contribution in [3.63, 3.8) is 0 Å². The number of nitrogens with zero attached hydrogens (tertiary/aromatic N) is 6. The highest BCUT2D eigenvalue weighted by atomic mass is 16.8. The molecule has 35 heavy (non-hydrogen) atoms. The predicted octanol–water partition coefficient (Wildman–Crippen LogP) is -0.251. The number of rotatable bonds is 8. The van der Waals surface area contributed by atoms with Gasteiger partial charge in [-0.1, -0.05) is 0 Å². The first-order chi connectivity index (χ1) is 16.8. The number of hydrogen-bond acceptors (Lipinski definition) is 12. The van der Waals surface area contributed by atoms with Crippen LogP contribution in [0.1, 0.15) is 32.1 Å². The fourth-order valence-corrected chi connectivity index (χ4v) is 4.56. The first-order valence-electron chi connectivity index (χ1n) is 11.3. The van der Waals surface area contributed by atoms with Gasteiger partial charge in [0.2, 0.25) is 0 Å². The molecule has 0 radical (unpaired) electrons. The Kier molecular flexibility index (Phi) is 6.14. The summed E-state index contributed by atoms with van der Waals surface area (Å²) in [6.07, 6.45) is 3.98. The Hall–Kier alpha value is -3.17. The molecule has 2 aliphatic heterocycles. The van der Waals surface area contributed by atoms with E-state index in [9.17, 15) is 4.79 Å². The number of anilines is 2. The minimum absolute atomic E-state index is 0.103.